The molecule has 1 saturated carbocycles. The van der Waals surface area contributed by atoms with E-state index in [0.717, 1.165) is 32.1 Å². The highest BCUT2D eigenvalue weighted by Gasteiger charge is 2.30. The van der Waals surface area contributed by atoms with Gasteiger partial charge in [0.1, 0.15) is 0 Å². The maximum Gasteiger partial charge on any atom is 0.315 e. The number of carbonyl (C=O) groups excluding carboxylic acids is 1. The molecule has 0 bridgehead atoms. The van der Waals surface area contributed by atoms with Gasteiger partial charge >= 0.3 is 12.0 Å². The van der Waals surface area contributed by atoms with Gasteiger partial charge in [-0.25, -0.2) is 4.79 Å². The molecule has 6 nitrogen and oxygen atoms in total. The molecule has 1 aliphatic rings. The number of nitrogens with one attached hydrogen (secondary N) is 2. The second-order valence-corrected chi connectivity index (χ2v) is 4.73. The molecule has 104 valence electrons. The number of carbonyl (C=O) groups is 2. The van der Waals surface area contributed by atoms with Crippen LogP contribution in [0.1, 0.15) is 38.5 Å². The third kappa shape index (κ3) is 4.91. The number of aliphatic carboxylic acids is 1. The first kappa shape index (κ1) is 14.8. The normalized spacial score (nSPS) is 24.1. The van der Waals surface area contributed by atoms with Crippen molar-refractivity contribution in [3.63, 3.8) is 0 Å². The van der Waals surface area contributed by atoms with Crippen molar-refractivity contribution < 1.29 is 14.7 Å². The van der Waals surface area contributed by atoms with E-state index in [1.165, 1.54) is 0 Å². The average molecular weight is 257 g/mol. The van der Waals surface area contributed by atoms with Gasteiger partial charge in [-0.15, -0.1) is 0 Å². The van der Waals surface area contributed by atoms with Gasteiger partial charge in [0.25, 0.3) is 0 Å². The molecule has 0 radical (unpaired) electrons. The molecule has 0 saturated heterocycles. The van der Waals surface area contributed by atoms with Crippen molar-refractivity contribution in [3.05, 3.63) is 0 Å². The Hall–Kier alpha value is -1.30. The van der Waals surface area contributed by atoms with Crippen LogP contribution in [0.4, 0.5) is 4.79 Å². The number of rotatable bonds is 5. The average Bonchev–Trinajstić information content (AvgIpc) is 2.55. The van der Waals surface area contributed by atoms with E-state index in [0.29, 0.717) is 19.5 Å². The van der Waals surface area contributed by atoms with Gasteiger partial charge < -0.3 is 21.5 Å². The van der Waals surface area contributed by atoms with Gasteiger partial charge in [-0.3, -0.25) is 4.79 Å². The van der Waals surface area contributed by atoms with Crippen LogP contribution >= 0.6 is 0 Å². The van der Waals surface area contributed by atoms with Gasteiger partial charge in [-0.1, -0.05) is 19.3 Å². The number of carboxylic acids is 1. The van der Waals surface area contributed by atoms with Crippen LogP contribution in [0.2, 0.25) is 0 Å². The van der Waals surface area contributed by atoms with E-state index in [1.54, 1.807) is 0 Å². The maximum atomic E-state index is 11.6. The zero-order valence-corrected chi connectivity index (χ0v) is 10.7. The number of hydrogen-bond donors (Lipinski definition) is 4. The molecule has 0 heterocycles. The monoisotopic (exact) mass is 257 g/mol. The SMILES string of the molecule is NCCCNC(=O)NC1CCCCCC1C(=O)O. The molecule has 0 aromatic heterocycles. The molecule has 18 heavy (non-hydrogen) atoms. The molecular formula is C12H23N3O3. The van der Waals surface area contributed by atoms with E-state index < -0.39 is 11.9 Å². The van der Waals surface area contributed by atoms with E-state index >= 15 is 0 Å². The third-order valence-corrected chi connectivity index (χ3v) is 3.32. The van der Waals surface area contributed by atoms with Gasteiger partial charge in [0.05, 0.1) is 5.92 Å². The second-order valence-electron chi connectivity index (χ2n) is 4.73. The maximum absolute atomic E-state index is 11.6. The van der Waals surface area contributed by atoms with Crippen molar-refractivity contribution >= 4 is 12.0 Å². The molecule has 0 aromatic rings. The Labute approximate surface area is 107 Å². The lowest BCUT2D eigenvalue weighted by Crippen LogP contribution is -2.47. The van der Waals surface area contributed by atoms with Crippen LogP contribution < -0.4 is 16.4 Å². The lowest BCUT2D eigenvalue weighted by atomic mass is 9.95. The van der Waals surface area contributed by atoms with E-state index in [1.807, 2.05) is 0 Å². The summed E-state index contributed by atoms with van der Waals surface area (Å²) in [5.41, 5.74) is 5.33. The fourth-order valence-electron chi connectivity index (χ4n) is 2.30. The number of carboxylic acid groups (broad SMARTS) is 1. The van der Waals surface area contributed by atoms with Gasteiger partial charge in [0.15, 0.2) is 0 Å². The summed E-state index contributed by atoms with van der Waals surface area (Å²) in [4.78, 5) is 22.8. The van der Waals surface area contributed by atoms with Crippen LogP contribution in [0.15, 0.2) is 0 Å². The number of nitrogens with two attached hydrogens (primary N) is 1. The Bertz CT molecular complexity index is 284. The first-order valence-electron chi connectivity index (χ1n) is 6.62. The molecule has 6 heteroatoms. The van der Waals surface area contributed by atoms with Crippen LogP contribution in [-0.4, -0.2) is 36.2 Å². The van der Waals surface area contributed by atoms with Crippen LogP contribution in [-0.2, 0) is 4.79 Å². The van der Waals surface area contributed by atoms with Crippen LogP contribution in [0.3, 0.4) is 0 Å². The molecule has 0 spiro atoms. The molecule has 0 aliphatic heterocycles. The van der Waals surface area contributed by atoms with Gasteiger partial charge in [0, 0.05) is 12.6 Å². The zero-order valence-electron chi connectivity index (χ0n) is 10.7. The van der Waals surface area contributed by atoms with Gasteiger partial charge in [0.2, 0.25) is 0 Å². The van der Waals surface area contributed by atoms with Gasteiger partial charge in [-0.05, 0) is 25.8 Å². The lowest BCUT2D eigenvalue weighted by molar-refractivity contribution is -0.142. The summed E-state index contributed by atoms with van der Waals surface area (Å²) in [7, 11) is 0. The minimum absolute atomic E-state index is 0.261. The van der Waals surface area contributed by atoms with Crippen molar-refractivity contribution in [3.8, 4) is 0 Å². The number of amides is 2. The van der Waals surface area contributed by atoms with Crippen LogP contribution in [0.25, 0.3) is 0 Å². The summed E-state index contributed by atoms with van der Waals surface area (Å²) >= 11 is 0. The Balaban J connectivity index is 2.44. The fraction of sp³-hybridized carbons (Fsp3) is 0.833. The first-order valence-corrected chi connectivity index (χ1v) is 6.62. The molecular weight excluding hydrogens is 234 g/mol. The van der Waals surface area contributed by atoms with Crippen molar-refractivity contribution in [1.82, 2.24) is 10.6 Å². The molecule has 1 rings (SSSR count). The highest BCUT2D eigenvalue weighted by Crippen LogP contribution is 2.23. The van der Waals surface area contributed by atoms with Gasteiger partial charge in [-0.2, -0.15) is 0 Å². The fourth-order valence-corrected chi connectivity index (χ4v) is 2.30. The van der Waals surface area contributed by atoms with Crippen molar-refractivity contribution in [2.75, 3.05) is 13.1 Å². The molecule has 1 fully saturated rings. The standard InChI is InChI=1S/C12H23N3O3/c13-7-4-8-14-12(18)15-10-6-3-1-2-5-9(10)11(16)17/h9-10H,1-8,13H2,(H,16,17)(H2,14,15,18). The quantitative estimate of drug-likeness (QED) is 0.429. The Morgan fingerprint density at radius 1 is 1.22 bits per heavy atom. The highest BCUT2D eigenvalue weighted by atomic mass is 16.4. The van der Waals surface area contributed by atoms with Crippen LogP contribution in [0.5, 0.6) is 0 Å². The third-order valence-electron chi connectivity index (χ3n) is 3.32. The number of urea groups is 1. The molecule has 0 aromatic carbocycles. The summed E-state index contributed by atoms with van der Waals surface area (Å²) < 4.78 is 0. The number of hydrogen-bond acceptors (Lipinski definition) is 3. The molecule has 5 N–H and O–H groups in total. The minimum Gasteiger partial charge on any atom is -0.481 e. The van der Waals surface area contributed by atoms with Crippen LogP contribution in [0, 0.1) is 5.92 Å². The Morgan fingerprint density at radius 3 is 2.61 bits per heavy atom. The Kier molecular flexibility index (Phi) is 6.49. The van der Waals surface area contributed by atoms with Crippen molar-refractivity contribution in [2.45, 2.75) is 44.6 Å². The molecule has 2 atom stereocenters. The molecule has 1 aliphatic carbocycles. The van der Waals surface area contributed by atoms with E-state index in [4.69, 9.17) is 5.73 Å². The van der Waals surface area contributed by atoms with Crippen molar-refractivity contribution in [2.24, 2.45) is 11.7 Å². The predicted molar refractivity (Wildman–Crippen MR) is 68.2 cm³/mol. The summed E-state index contributed by atoms with van der Waals surface area (Å²) in [6, 6.07) is -0.551. The lowest BCUT2D eigenvalue weighted by Gasteiger charge is -2.23. The summed E-state index contributed by atoms with van der Waals surface area (Å²) in [5, 5.41) is 14.6. The predicted octanol–water partition coefficient (Wildman–Crippen LogP) is 0.668. The van der Waals surface area contributed by atoms with Crippen molar-refractivity contribution in [1.29, 1.82) is 0 Å². The van der Waals surface area contributed by atoms with E-state index in [2.05, 4.69) is 10.6 Å². The largest absolute Gasteiger partial charge is 0.481 e. The first-order chi connectivity index (χ1) is 8.65. The van der Waals surface area contributed by atoms with E-state index in [-0.39, 0.29) is 12.1 Å². The minimum atomic E-state index is -0.816. The summed E-state index contributed by atoms with van der Waals surface area (Å²) in [6.45, 7) is 1.05. The molecule has 2 amide bonds. The second kappa shape index (κ2) is 7.92. The highest BCUT2D eigenvalue weighted by molar-refractivity contribution is 5.76. The smallest absolute Gasteiger partial charge is 0.315 e. The Morgan fingerprint density at radius 2 is 1.94 bits per heavy atom. The van der Waals surface area contributed by atoms with E-state index in [9.17, 15) is 14.7 Å². The topological polar surface area (TPSA) is 104 Å². The molecule has 2 unspecified atom stereocenters. The zero-order chi connectivity index (χ0) is 13.4. The summed E-state index contributed by atoms with van der Waals surface area (Å²) in [6.07, 6.45) is 5.03. The summed E-state index contributed by atoms with van der Waals surface area (Å²) in [5.74, 6) is -1.28.